The standard InChI is InChI=1S/C22H17FN2O4/c1-13-4-5-15(11-17(13)23)20(26)18-19(14-6-8-24-9-7-14)25(22(28)21(18)27)12-16-3-2-10-29-16/h2-11,19,26H,12H2,1H3. The van der Waals surface area contributed by atoms with Gasteiger partial charge in [-0.05, 0) is 48.4 Å². The Morgan fingerprint density at radius 3 is 2.62 bits per heavy atom. The van der Waals surface area contributed by atoms with E-state index in [4.69, 9.17) is 4.42 Å². The van der Waals surface area contributed by atoms with Gasteiger partial charge in [0.05, 0.1) is 24.4 Å². The van der Waals surface area contributed by atoms with Crippen molar-refractivity contribution in [2.24, 2.45) is 0 Å². The molecule has 1 aromatic carbocycles. The van der Waals surface area contributed by atoms with Crippen molar-refractivity contribution in [3.8, 4) is 0 Å². The highest BCUT2D eigenvalue weighted by Gasteiger charge is 2.46. The first-order valence-corrected chi connectivity index (χ1v) is 8.94. The van der Waals surface area contributed by atoms with Gasteiger partial charge in [-0.15, -0.1) is 0 Å². The van der Waals surface area contributed by atoms with Crippen LogP contribution < -0.4 is 0 Å². The highest BCUT2D eigenvalue weighted by molar-refractivity contribution is 6.46. The van der Waals surface area contributed by atoms with Crippen molar-refractivity contribution in [3.05, 3.63) is 95.0 Å². The Kier molecular flexibility index (Phi) is 4.72. The van der Waals surface area contributed by atoms with Gasteiger partial charge in [-0.2, -0.15) is 0 Å². The predicted molar refractivity (Wildman–Crippen MR) is 102 cm³/mol. The van der Waals surface area contributed by atoms with Crippen LogP contribution in [0.1, 0.15) is 28.5 Å². The third-order valence-electron chi connectivity index (χ3n) is 4.91. The summed E-state index contributed by atoms with van der Waals surface area (Å²) in [6, 6.07) is 10.0. The van der Waals surface area contributed by atoms with Crippen LogP contribution in [-0.2, 0) is 16.1 Å². The third kappa shape index (κ3) is 3.31. The number of carbonyl (C=O) groups is 2. The molecule has 3 aromatic rings. The third-order valence-corrected chi connectivity index (χ3v) is 4.91. The number of carbonyl (C=O) groups excluding carboxylic acids is 2. The van der Waals surface area contributed by atoms with Crippen LogP contribution in [0.5, 0.6) is 0 Å². The molecule has 0 aliphatic carbocycles. The fraction of sp³-hybridized carbons (Fsp3) is 0.136. The molecule has 1 saturated heterocycles. The minimum Gasteiger partial charge on any atom is -0.507 e. The Balaban J connectivity index is 1.87. The fourth-order valence-electron chi connectivity index (χ4n) is 3.40. The number of amides is 1. The van der Waals surface area contributed by atoms with Crippen LogP contribution in [0.25, 0.3) is 5.76 Å². The molecule has 1 amide bonds. The van der Waals surface area contributed by atoms with Crippen molar-refractivity contribution >= 4 is 17.4 Å². The molecule has 1 aliphatic rings. The van der Waals surface area contributed by atoms with Gasteiger partial charge in [0, 0.05) is 18.0 Å². The lowest BCUT2D eigenvalue weighted by Gasteiger charge is -2.24. The first-order chi connectivity index (χ1) is 14.0. The quantitative estimate of drug-likeness (QED) is 0.415. The molecule has 29 heavy (non-hydrogen) atoms. The summed E-state index contributed by atoms with van der Waals surface area (Å²) in [6.45, 7) is 1.64. The van der Waals surface area contributed by atoms with E-state index in [1.807, 2.05) is 0 Å². The minimum atomic E-state index is -0.854. The van der Waals surface area contributed by atoms with E-state index in [0.29, 0.717) is 16.9 Å². The molecule has 2 aromatic heterocycles. The van der Waals surface area contributed by atoms with E-state index >= 15 is 0 Å². The van der Waals surface area contributed by atoms with Crippen LogP contribution in [0.3, 0.4) is 0 Å². The lowest BCUT2D eigenvalue weighted by atomic mass is 9.95. The van der Waals surface area contributed by atoms with E-state index in [1.54, 1.807) is 31.2 Å². The van der Waals surface area contributed by atoms with Crippen molar-refractivity contribution in [3.63, 3.8) is 0 Å². The van der Waals surface area contributed by atoms with Gasteiger partial charge in [-0.3, -0.25) is 14.6 Å². The Morgan fingerprint density at radius 2 is 1.97 bits per heavy atom. The number of furan rings is 1. The number of aliphatic hydroxyl groups is 1. The number of rotatable bonds is 4. The van der Waals surface area contributed by atoms with E-state index < -0.39 is 29.3 Å². The Labute approximate surface area is 165 Å². The molecule has 6 nitrogen and oxygen atoms in total. The number of hydrogen-bond donors (Lipinski definition) is 1. The highest BCUT2D eigenvalue weighted by atomic mass is 19.1. The number of aromatic nitrogens is 1. The summed E-state index contributed by atoms with van der Waals surface area (Å²) in [7, 11) is 0. The number of Topliss-reactive ketones (excluding diaryl/α,β-unsaturated/α-hetero) is 1. The lowest BCUT2D eigenvalue weighted by molar-refractivity contribution is -0.140. The van der Waals surface area contributed by atoms with E-state index in [2.05, 4.69) is 4.98 Å². The van der Waals surface area contributed by atoms with Gasteiger partial charge in [-0.1, -0.05) is 12.1 Å². The largest absolute Gasteiger partial charge is 0.507 e. The normalized spacial score (nSPS) is 18.4. The molecule has 1 aliphatic heterocycles. The van der Waals surface area contributed by atoms with E-state index in [1.165, 1.54) is 35.7 Å². The number of aliphatic hydroxyl groups excluding tert-OH is 1. The van der Waals surface area contributed by atoms with Crippen molar-refractivity contribution < 1.29 is 23.5 Å². The Bertz CT molecular complexity index is 1110. The number of hydrogen-bond acceptors (Lipinski definition) is 5. The van der Waals surface area contributed by atoms with Crippen molar-refractivity contribution in [1.82, 2.24) is 9.88 Å². The number of nitrogens with zero attached hydrogens (tertiary/aromatic N) is 2. The molecular formula is C22H17FN2O4. The summed E-state index contributed by atoms with van der Waals surface area (Å²) in [6.07, 6.45) is 4.55. The lowest BCUT2D eigenvalue weighted by Crippen LogP contribution is -2.29. The maximum atomic E-state index is 14.0. The molecule has 7 heteroatoms. The highest BCUT2D eigenvalue weighted by Crippen LogP contribution is 2.40. The van der Waals surface area contributed by atoms with Crippen molar-refractivity contribution in [2.45, 2.75) is 19.5 Å². The second-order valence-electron chi connectivity index (χ2n) is 6.75. The Hall–Kier alpha value is -3.74. The zero-order valence-electron chi connectivity index (χ0n) is 15.5. The summed E-state index contributed by atoms with van der Waals surface area (Å²) >= 11 is 0. The van der Waals surface area contributed by atoms with Crippen LogP contribution in [-0.4, -0.2) is 26.7 Å². The van der Waals surface area contributed by atoms with E-state index in [9.17, 15) is 19.1 Å². The number of benzene rings is 1. The molecule has 1 N–H and O–H groups in total. The predicted octanol–water partition coefficient (Wildman–Crippen LogP) is 3.74. The Morgan fingerprint density at radius 1 is 1.21 bits per heavy atom. The van der Waals surface area contributed by atoms with Crippen LogP contribution in [0.4, 0.5) is 4.39 Å². The minimum absolute atomic E-state index is 0.0452. The van der Waals surface area contributed by atoms with Crippen LogP contribution >= 0.6 is 0 Å². The average Bonchev–Trinajstić information content (AvgIpc) is 3.32. The van der Waals surface area contributed by atoms with E-state index in [0.717, 1.165) is 6.07 Å². The summed E-state index contributed by atoms with van der Waals surface area (Å²) in [5, 5.41) is 10.9. The van der Waals surface area contributed by atoms with Crippen LogP contribution in [0.15, 0.2) is 71.1 Å². The van der Waals surface area contributed by atoms with E-state index in [-0.39, 0.29) is 17.7 Å². The first-order valence-electron chi connectivity index (χ1n) is 8.94. The molecule has 1 unspecified atom stereocenters. The zero-order chi connectivity index (χ0) is 20.5. The maximum absolute atomic E-state index is 14.0. The number of pyridine rings is 1. The molecular weight excluding hydrogens is 375 g/mol. The monoisotopic (exact) mass is 392 g/mol. The van der Waals surface area contributed by atoms with Crippen LogP contribution in [0, 0.1) is 12.7 Å². The molecule has 1 atom stereocenters. The zero-order valence-corrected chi connectivity index (χ0v) is 15.5. The van der Waals surface area contributed by atoms with Crippen molar-refractivity contribution in [1.29, 1.82) is 0 Å². The molecule has 0 spiro atoms. The maximum Gasteiger partial charge on any atom is 0.296 e. The van der Waals surface area contributed by atoms with Crippen molar-refractivity contribution in [2.75, 3.05) is 0 Å². The first kappa shape index (κ1) is 18.6. The van der Waals surface area contributed by atoms with Gasteiger partial charge in [0.1, 0.15) is 17.3 Å². The molecule has 0 saturated carbocycles. The molecule has 0 bridgehead atoms. The molecule has 146 valence electrons. The van der Waals surface area contributed by atoms with Gasteiger partial charge < -0.3 is 14.4 Å². The summed E-state index contributed by atoms with van der Waals surface area (Å²) in [5.74, 6) is -2.05. The van der Waals surface area contributed by atoms with Gasteiger partial charge in [0.2, 0.25) is 0 Å². The number of likely N-dealkylation sites (tertiary alicyclic amines) is 1. The second-order valence-corrected chi connectivity index (χ2v) is 6.75. The van der Waals surface area contributed by atoms with Gasteiger partial charge >= 0.3 is 0 Å². The average molecular weight is 392 g/mol. The molecule has 3 heterocycles. The molecule has 1 fully saturated rings. The SMILES string of the molecule is Cc1ccc(C(O)=C2C(=O)C(=O)N(Cc3ccco3)C2c2ccncc2)cc1F. The summed E-state index contributed by atoms with van der Waals surface area (Å²) < 4.78 is 19.4. The number of aryl methyl sites for hydroxylation is 1. The summed E-state index contributed by atoms with van der Waals surface area (Å²) in [4.78, 5) is 30.9. The second kappa shape index (κ2) is 7.35. The molecule has 4 rings (SSSR count). The summed E-state index contributed by atoms with van der Waals surface area (Å²) in [5.41, 5.74) is 1.03. The number of ketones is 1. The molecule has 0 radical (unpaired) electrons. The smallest absolute Gasteiger partial charge is 0.296 e. The number of halogens is 1. The van der Waals surface area contributed by atoms with Gasteiger partial charge in [0.15, 0.2) is 0 Å². The van der Waals surface area contributed by atoms with Crippen LogP contribution in [0.2, 0.25) is 0 Å². The fourth-order valence-corrected chi connectivity index (χ4v) is 3.40. The van der Waals surface area contributed by atoms with Gasteiger partial charge in [-0.25, -0.2) is 4.39 Å². The topological polar surface area (TPSA) is 83.6 Å². The van der Waals surface area contributed by atoms with Gasteiger partial charge in [0.25, 0.3) is 11.7 Å².